The molecule has 0 aromatic carbocycles. The van der Waals surface area contributed by atoms with Crippen molar-refractivity contribution in [2.75, 3.05) is 6.54 Å². The number of rotatable bonds is 4. The van der Waals surface area contributed by atoms with Crippen LogP contribution < -0.4 is 5.32 Å². The minimum absolute atomic E-state index is 0.0312. The van der Waals surface area contributed by atoms with Crippen LogP contribution in [-0.2, 0) is 0 Å². The van der Waals surface area contributed by atoms with Crippen LogP contribution in [0.5, 0.6) is 0 Å². The summed E-state index contributed by atoms with van der Waals surface area (Å²) >= 11 is 0. The van der Waals surface area contributed by atoms with E-state index in [1.165, 1.54) is 19.3 Å². The number of carbonyl (C=O) groups is 1. The van der Waals surface area contributed by atoms with Gasteiger partial charge < -0.3 is 5.32 Å². The van der Waals surface area contributed by atoms with Crippen LogP contribution in [0.3, 0.4) is 0 Å². The van der Waals surface area contributed by atoms with E-state index in [4.69, 9.17) is 0 Å². The van der Waals surface area contributed by atoms with E-state index in [2.05, 4.69) is 27.6 Å². The molecule has 3 aliphatic rings. The number of nitrogens with one attached hydrogen (secondary N) is 1. The van der Waals surface area contributed by atoms with Crippen molar-refractivity contribution < 1.29 is 4.79 Å². The monoisotopic (exact) mass is 334 g/mol. The average molecular weight is 334 g/mol. The lowest BCUT2D eigenvalue weighted by Crippen LogP contribution is -2.31. The van der Waals surface area contributed by atoms with Crippen LogP contribution in [0.15, 0.2) is 42.7 Å². The highest BCUT2D eigenvalue weighted by atomic mass is 16.1. The van der Waals surface area contributed by atoms with Gasteiger partial charge in [0, 0.05) is 12.7 Å². The first-order valence-corrected chi connectivity index (χ1v) is 9.11. The Kier molecular flexibility index (Phi) is 3.14. The van der Waals surface area contributed by atoms with Crippen LogP contribution in [-0.4, -0.2) is 27.2 Å². The smallest absolute Gasteiger partial charge is 0.254 e. The quantitative estimate of drug-likeness (QED) is 0.875. The summed E-state index contributed by atoms with van der Waals surface area (Å²) in [5.74, 6) is 2.72. The first-order chi connectivity index (χ1) is 12.2. The second-order valence-corrected chi connectivity index (χ2v) is 7.70. The third kappa shape index (κ3) is 2.18. The fraction of sp³-hybridized carbons (Fsp3) is 0.450. The van der Waals surface area contributed by atoms with Crippen molar-refractivity contribution in [2.24, 2.45) is 23.2 Å². The second kappa shape index (κ2) is 5.28. The molecular formula is C20H22N4O. The van der Waals surface area contributed by atoms with E-state index in [-0.39, 0.29) is 5.91 Å². The van der Waals surface area contributed by atoms with Gasteiger partial charge in [-0.15, -0.1) is 0 Å². The molecule has 2 aromatic heterocycles. The molecule has 0 aliphatic heterocycles. The topological polar surface area (TPSA) is 59.8 Å². The Hall–Kier alpha value is -2.43. The molecule has 5 rings (SSSR count). The van der Waals surface area contributed by atoms with Crippen LogP contribution >= 0.6 is 0 Å². The summed E-state index contributed by atoms with van der Waals surface area (Å²) in [6.45, 7) is 2.68. The highest BCUT2D eigenvalue weighted by Gasteiger charge is 2.62. The summed E-state index contributed by atoms with van der Waals surface area (Å²) < 4.78 is 1.72. The van der Waals surface area contributed by atoms with Gasteiger partial charge in [-0.25, -0.2) is 9.67 Å². The number of aromatic nitrogens is 3. The number of pyridine rings is 1. The maximum absolute atomic E-state index is 12.6. The Morgan fingerprint density at radius 3 is 2.96 bits per heavy atom. The summed E-state index contributed by atoms with van der Waals surface area (Å²) in [5, 5.41) is 7.49. The molecule has 2 saturated carbocycles. The van der Waals surface area contributed by atoms with Gasteiger partial charge in [0.15, 0.2) is 5.82 Å². The van der Waals surface area contributed by atoms with E-state index < -0.39 is 0 Å². The van der Waals surface area contributed by atoms with E-state index in [0.29, 0.717) is 22.8 Å². The molecule has 0 saturated heterocycles. The molecule has 1 spiro atoms. The molecule has 2 fully saturated rings. The molecule has 1 N–H and O–H groups in total. The van der Waals surface area contributed by atoms with Crippen LogP contribution in [0.1, 0.15) is 35.3 Å². The van der Waals surface area contributed by atoms with Gasteiger partial charge in [0.25, 0.3) is 5.91 Å². The lowest BCUT2D eigenvalue weighted by molar-refractivity contribution is 0.0943. The van der Waals surface area contributed by atoms with E-state index in [9.17, 15) is 4.79 Å². The summed E-state index contributed by atoms with van der Waals surface area (Å²) in [6, 6.07) is 5.67. The largest absolute Gasteiger partial charge is 0.352 e. The standard InChI is InChI=1S/C20H22N4O/c1-13-16(12-23-24(13)18-4-2-3-9-21-18)19(25)22-11-14-10-15-5-6-17(14)20(15)7-8-20/h2-6,9,12,14-15,17H,7-8,10-11H2,1H3,(H,22,25)/t14-,15-,17-/m0/s1. The zero-order chi connectivity index (χ0) is 17.0. The summed E-state index contributed by atoms with van der Waals surface area (Å²) in [5.41, 5.74) is 2.03. The van der Waals surface area contributed by atoms with E-state index in [1.54, 1.807) is 17.1 Å². The van der Waals surface area contributed by atoms with Crippen molar-refractivity contribution in [3.8, 4) is 5.82 Å². The first kappa shape index (κ1) is 14.9. The second-order valence-electron chi connectivity index (χ2n) is 7.70. The van der Waals surface area contributed by atoms with Crippen molar-refractivity contribution in [1.82, 2.24) is 20.1 Å². The molecule has 5 nitrogen and oxygen atoms in total. The van der Waals surface area contributed by atoms with Gasteiger partial charge in [-0.05, 0) is 61.5 Å². The van der Waals surface area contributed by atoms with E-state index >= 15 is 0 Å². The van der Waals surface area contributed by atoms with E-state index in [1.807, 2.05) is 25.1 Å². The maximum Gasteiger partial charge on any atom is 0.254 e. The van der Waals surface area contributed by atoms with Crippen LogP contribution in [0, 0.1) is 30.1 Å². The summed E-state index contributed by atoms with van der Waals surface area (Å²) in [7, 11) is 0. The predicted octanol–water partition coefficient (Wildman–Crippen LogP) is 2.91. The number of carbonyl (C=O) groups excluding carboxylic acids is 1. The van der Waals surface area contributed by atoms with Crippen LogP contribution in [0.4, 0.5) is 0 Å². The van der Waals surface area contributed by atoms with Crippen molar-refractivity contribution in [1.29, 1.82) is 0 Å². The molecule has 3 atom stereocenters. The van der Waals surface area contributed by atoms with Crippen molar-refractivity contribution in [3.63, 3.8) is 0 Å². The highest BCUT2D eigenvalue weighted by Crippen LogP contribution is 2.69. The van der Waals surface area contributed by atoms with Crippen molar-refractivity contribution >= 4 is 5.91 Å². The zero-order valence-corrected chi connectivity index (χ0v) is 14.4. The SMILES string of the molecule is Cc1c(C(=O)NC[C@@H]2C[C@@H]3C=C[C@@H]2C32CC2)cnn1-c1ccccn1. The molecule has 2 aromatic rings. The van der Waals surface area contributed by atoms with Gasteiger partial charge in [0.05, 0.1) is 17.5 Å². The van der Waals surface area contributed by atoms with Crippen molar-refractivity contribution in [2.45, 2.75) is 26.2 Å². The third-order valence-electron chi connectivity index (χ3n) is 6.49. The molecule has 0 unspecified atom stereocenters. The predicted molar refractivity (Wildman–Crippen MR) is 94.3 cm³/mol. The molecule has 3 aliphatic carbocycles. The fourth-order valence-corrected chi connectivity index (χ4v) is 5.02. The number of hydrogen-bond donors (Lipinski definition) is 1. The van der Waals surface area contributed by atoms with Gasteiger partial charge in [-0.3, -0.25) is 4.79 Å². The zero-order valence-electron chi connectivity index (χ0n) is 14.4. The lowest BCUT2D eigenvalue weighted by atomic mass is 9.89. The first-order valence-electron chi connectivity index (χ1n) is 9.11. The van der Waals surface area contributed by atoms with Crippen LogP contribution in [0.25, 0.3) is 5.82 Å². The Morgan fingerprint density at radius 1 is 1.36 bits per heavy atom. The Balaban J connectivity index is 1.28. The normalized spacial score (nSPS) is 27.8. The fourth-order valence-electron chi connectivity index (χ4n) is 5.02. The lowest BCUT2D eigenvalue weighted by Gasteiger charge is -2.20. The minimum atomic E-state index is -0.0312. The summed E-state index contributed by atoms with van der Waals surface area (Å²) in [6.07, 6.45) is 12.2. The minimum Gasteiger partial charge on any atom is -0.352 e. The highest BCUT2D eigenvalue weighted by molar-refractivity contribution is 5.95. The number of hydrogen-bond acceptors (Lipinski definition) is 3. The Morgan fingerprint density at radius 2 is 2.24 bits per heavy atom. The van der Waals surface area contributed by atoms with Crippen LogP contribution in [0.2, 0.25) is 0 Å². The van der Waals surface area contributed by atoms with Crippen molar-refractivity contribution in [3.05, 3.63) is 54.0 Å². The molecule has 25 heavy (non-hydrogen) atoms. The molecule has 0 radical (unpaired) electrons. The average Bonchev–Trinajstić information content (AvgIpc) is 3.15. The maximum atomic E-state index is 12.6. The molecule has 2 heterocycles. The van der Waals surface area contributed by atoms with Gasteiger partial charge >= 0.3 is 0 Å². The molecule has 2 bridgehead atoms. The van der Waals surface area contributed by atoms with Gasteiger partial charge in [-0.2, -0.15) is 5.10 Å². The number of allylic oxidation sites excluding steroid dienone is 2. The van der Waals surface area contributed by atoms with Gasteiger partial charge in [0.1, 0.15) is 0 Å². The molecule has 5 heteroatoms. The van der Waals surface area contributed by atoms with Gasteiger partial charge in [0.2, 0.25) is 0 Å². The Labute approximate surface area is 147 Å². The molecular weight excluding hydrogens is 312 g/mol. The number of nitrogens with zero attached hydrogens (tertiary/aromatic N) is 3. The Bertz CT molecular complexity index is 850. The molecule has 128 valence electrons. The molecule has 1 amide bonds. The summed E-state index contributed by atoms with van der Waals surface area (Å²) in [4.78, 5) is 16.9. The number of amides is 1. The van der Waals surface area contributed by atoms with E-state index in [0.717, 1.165) is 24.0 Å². The van der Waals surface area contributed by atoms with Gasteiger partial charge in [-0.1, -0.05) is 18.2 Å². The third-order valence-corrected chi connectivity index (χ3v) is 6.49.